The van der Waals surface area contributed by atoms with Crippen LogP contribution in [0.4, 0.5) is 0 Å². The van der Waals surface area contributed by atoms with E-state index in [1.165, 1.54) is 18.0 Å². The van der Waals surface area contributed by atoms with Gasteiger partial charge in [-0.25, -0.2) is 8.42 Å². The summed E-state index contributed by atoms with van der Waals surface area (Å²) in [6, 6.07) is 0. The topological polar surface area (TPSA) is 71.4 Å². The lowest BCUT2D eigenvalue weighted by molar-refractivity contribution is -0.138. The van der Waals surface area contributed by atoms with Gasteiger partial charge in [-0.15, -0.1) is 11.8 Å². The van der Waals surface area contributed by atoms with E-state index in [2.05, 4.69) is 0 Å². The van der Waals surface area contributed by atoms with Crippen LogP contribution in [0.2, 0.25) is 0 Å². The van der Waals surface area contributed by atoms with Gasteiger partial charge in [-0.1, -0.05) is 0 Å². The molecule has 0 aromatic heterocycles. The van der Waals surface area contributed by atoms with Crippen LogP contribution >= 0.6 is 11.8 Å². The Morgan fingerprint density at radius 1 is 1.43 bits per heavy atom. The SMILES string of the molecule is CC(C)(SCCCS(C)(=O)=O)C(=O)O. The molecule has 4 nitrogen and oxygen atoms in total. The molecule has 0 aliphatic heterocycles. The molecule has 0 radical (unpaired) electrons. The molecule has 0 rings (SSSR count). The summed E-state index contributed by atoms with van der Waals surface area (Å²) in [5.41, 5.74) is 0. The third-order valence-corrected chi connectivity index (χ3v) is 4.06. The number of hydrogen-bond donors (Lipinski definition) is 1. The molecule has 0 saturated carbocycles. The monoisotopic (exact) mass is 240 g/mol. The fraction of sp³-hybridized carbons (Fsp3) is 0.875. The van der Waals surface area contributed by atoms with Crippen molar-refractivity contribution >= 4 is 27.6 Å². The zero-order valence-corrected chi connectivity index (χ0v) is 10.2. The van der Waals surface area contributed by atoms with Gasteiger partial charge in [-0.2, -0.15) is 0 Å². The molecule has 1 N–H and O–H groups in total. The summed E-state index contributed by atoms with van der Waals surface area (Å²) in [7, 11) is -2.92. The third kappa shape index (κ3) is 6.26. The highest BCUT2D eigenvalue weighted by molar-refractivity contribution is 8.01. The van der Waals surface area contributed by atoms with E-state index in [1.807, 2.05) is 0 Å². The van der Waals surface area contributed by atoms with Crippen LogP contribution in [0.25, 0.3) is 0 Å². The summed E-state index contributed by atoms with van der Waals surface area (Å²) in [5, 5.41) is 8.76. The molecule has 0 aromatic carbocycles. The lowest BCUT2D eigenvalue weighted by Crippen LogP contribution is -2.27. The molecule has 0 atom stereocenters. The molecule has 0 spiro atoms. The summed E-state index contributed by atoms with van der Waals surface area (Å²) in [4.78, 5) is 10.7. The first kappa shape index (κ1) is 13.8. The number of thioether (sulfide) groups is 1. The fourth-order valence-electron chi connectivity index (χ4n) is 0.710. The van der Waals surface area contributed by atoms with Crippen LogP contribution in [0, 0.1) is 0 Å². The maximum atomic E-state index is 10.8. The zero-order chi connectivity index (χ0) is 11.4. The van der Waals surface area contributed by atoms with Crippen molar-refractivity contribution < 1.29 is 18.3 Å². The minimum Gasteiger partial charge on any atom is -0.480 e. The van der Waals surface area contributed by atoms with E-state index >= 15 is 0 Å². The fourth-order valence-corrected chi connectivity index (χ4v) is 2.48. The number of carboxylic acid groups (broad SMARTS) is 1. The maximum absolute atomic E-state index is 10.8. The molecule has 84 valence electrons. The van der Waals surface area contributed by atoms with Crippen LogP contribution in [-0.2, 0) is 14.6 Å². The Hall–Kier alpha value is -0.230. The van der Waals surface area contributed by atoms with Crippen LogP contribution < -0.4 is 0 Å². The van der Waals surface area contributed by atoms with Gasteiger partial charge in [0.15, 0.2) is 0 Å². The smallest absolute Gasteiger partial charge is 0.319 e. The molecule has 6 heteroatoms. The molecule has 0 fully saturated rings. The Bertz CT molecular complexity index is 292. The van der Waals surface area contributed by atoms with Crippen molar-refractivity contribution in [3.05, 3.63) is 0 Å². The largest absolute Gasteiger partial charge is 0.480 e. The zero-order valence-electron chi connectivity index (χ0n) is 8.61. The van der Waals surface area contributed by atoms with E-state index < -0.39 is 20.6 Å². The average molecular weight is 240 g/mol. The molecule has 0 aliphatic carbocycles. The number of rotatable bonds is 6. The van der Waals surface area contributed by atoms with Crippen molar-refractivity contribution in [2.75, 3.05) is 17.8 Å². The van der Waals surface area contributed by atoms with Gasteiger partial charge in [0.2, 0.25) is 0 Å². The number of sulfone groups is 1. The van der Waals surface area contributed by atoms with E-state index in [0.29, 0.717) is 12.2 Å². The molecular formula is C8H16O4S2. The maximum Gasteiger partial charge on any atom is 0.319 e. The van der Waals surface area contributed by atoms with Gasteiger partial charge in [0.05, 0.1) is 5.75 Å². The number of hydrogen-bond acceptors (Lipinski definition) is 4. The van der Waals surface area contributed by atoms with Crippen molar-refractivity contribution in [3.8, 4) is 0 Å². The standard InChI is InChI=1S/C8H16O4S2/c1-8(2,7(9)10)13-5-4-6-14(3,11)12/h4-6H2,1-3H3,(H,9,10). The van der Waals surface area contributed by atoms with Crippen LogP contribution in [0.15, 0.2) is 0 Å². The molecule has 0 aromatic rings. The molecule has 0 saturated heterocycles. The predicted octanol–water partition coefficient (Wildman–Crippen LogP) is 1.02. The van der Waals surface area contributed by atoms with Crippen molar-refractivity contribution in [2.24, 2.45) is 0 Å². The molecule has 0 amide bonds. The van der Waals surface area contributed by atoms with E-state index in [-0.39, 0.29) is 5.75 Å². The van der Waals surface area contributed by atoms with E-state index in [4.69, 9.17) is 5.11 Å². The summed E-state index contributed by atoms with van der Waals surface area (Å²) < 4.78 is 20.7. The predicted molar refractivity (Wildman–Crippen MR) is 58.5 cm³/mol. The summed E-state index contributed by atoms with van der Waals surface area (Å²) in [5.74, 6) is -0.205. The van der Waals surface area contributed by atoms with Gasteiger partial charge < -0.3 is 5.11 Å². The number of carbonyl (C=O) groups is 1. The second-order valence-corrected chi connectivity index (χ2v) is 7.62. The second-order valence-electron chi connectivity index (χ2n) is 3.65. The molecule has 0 bridgehead atoms. The van der Waals surface area contributed by atoms with Crippen molar-refractivity contribution in [3.63, 3.8) is 0 Å². The van der Waals surface area contributed by atoms with Gasteiger partial charge in [0.1, 0.15) is 14.6 Å². The average Bonchev–Trinajstić information content (AvgIpc) is 1.96. The highest BCUT2D eigenvalue weighted by Gasteiger charge is 2.27. The first-order valence-corrected chi connectivity index (χ1v) is 7.25. The first-order chi connectivity index (χ1) is 6.15. The lowest BCUT2D eigenvalue weighted by Gasteiger charge is -2.17. The molecule has 14 heavy (non-hydrogen) atoms. The lowest BCUT2D eigenvalue weighted by atomic mass is 10.2. The highest BCUT2D eigenvalue weighted by atomic mass is 32.2. The van der Waals surface area contributed by atoms with Gasteiger partial charge in [0, 0.05) is 6.26 Å². The van der Waals surface area contributed by atoms with Crippen molar-refractivity contribution in [2.45, 2.75) is 25.0 Å². The summed E-state index contributed by atoms with van der Waals surface area (Å²) in [6.45, 7) is 3.22. The van der Waals surface area contributed by atoms with E-state index in [1.54, 1.807) is 13.8 Å². The molecule has 0 unspecified atom stereocenters. The van der Waals surface area contributed by atoms with Gasteiger partial charge in [0.25, 0.3) is 0 Å². The molecule has 0 heterocycles. The summed E-state index contributed by atoms with van der Waals surface area (Å²) >= 11 is 1.26. The van der Waals surface area contributed by atoms with Crippen molar-refractivity contribution in [1.29, 1.82) is 0 Å². The minimum atomic E-state index is -2.92. The Morgan fingerprint density at radius 3 is 2.29 bits per heavy atom. The third-order valence-electron chi connectivity index (χ3n) is 1.64. The van der Waals surface area contributed by atoms with Crippen LogP contribution in [-0.4, -0.2) is 42.0 Å². The van der Waals surface area contributed by atoms with Gasteiger partial charge in [-0.3, -0.25) is 4.79 Å². The molecular weight excluding hydrogens is 224 g/mol. The summed E-state index contributed by atoms with van der Waals surface area (Å²) in [6.07, 6.45) is 1.68. The van der Waals surface area contributed by atoms with E-state index in [0.717, 1.165) is 0 Å². The second kappa shape index (κ2) is 5.02. The Kier molecular flexibility index (Phi) is 4.94. The molecule has 0 aliphatic rings. The quantitative estimate of drug-likeness (QED) is 0.702. The minimum absolute atomic E-state index is 0.121. The van der Waals surface area contributed by atoms with Crippen LogP contribution in [0.3, 0.4) is 0 Å². The Labute approximate surface area is 89.0 Å². The highest BCUT2D eigenvalue weighted by Crippen LogP contribution is 2.25. The van der Waals surface area contributed by atoms with Crippen molar-refractivity contribution in [1.82, 2.24) is 0 Å². The number of carboxylic acids is 1. The normalized spacial score (nSPS) is 12.8. The van der Waals surface area contributed by atoms with Crippen LogP contribution in [0.1, 0.15) is 20.3 Å². The van der Waals surface area contributed by atoms with E-state index in [9.17, 15) is 13.2 Å². The van der Waals surface area contributed by atoms with Gasteiger partial charge in [-0.05, 0) is 26.0 Å². The van der Waals surface area contributed by atoms with Gasteiger partial charge >= 0.3 is 5.97 Å². The Morgan fingerprint density at radius 2 is 1.93 bits per heavy atom. The number of aliphatic carboxylic acids is 1. The Balaban J connectivity index is 3.81. The van der Waals surface area contributed by atoms with Crippen LogP contribution in [0.5, 0.6) is 0 Å². The first-order valence-electron chi connectivity index (χ1n) is 4.20.